The molecule has 3 rings (SSSR count). The average molecular weight is 351 g/mol. The van der Waals surface area contributed by atoms with E-state index in [0.717, 1.165) is 4.90 Å². The summed E-state index contributed by atoms with van der Waals surface area (Å²) >= 11 is 0. The van der Waals surface area contributed by atoms with Crippen LogP contribution in [-0.4, -0.2) is 36.4 Å². The molecule has 2 N–H and O–H groups in total. The van der Waals surface area contributed by atoms with Gasteiger partial charge in [-0.3, -0.25) is 14.5 Å². The zero-order chi connectivity index (χ0) is 18.5. The van der Waals surface area contributed by atoms with E-state index in [1.54, 1.807) is 36.4 Å². The smallest absolute Gasteiger partial charge is 0.328 e. The molecule has 7 nitrogen and oxygen atoms in total. The van der Waals surface area contributed by atoms with E-state index in [-0.39, 0.29) is 18.2 Å². The first-order valence-corrected chi connectivity index (χ1v) is 7.92. The summed E-state index contributed by atoms with van der Waals surface area (Å²) in [4.78, 5) is 36.5. The van der Waals surface area contributed by atoms with Crippen LogP contribution in [0.2, 0.25) is 0 Å². The fourth-order valence-corrected chi connectivity index (χ4v) is 2.37. The van der Waals surface area contributed by atoms with Gasteiger partial charge in [0.2, 0.25) is 0 Å². The van der Waals surface area contributed by atoms with Crippen LogP contribution in [-0.2, 0) is 9.59 Å². The Balaban J connectivity index is 1.69. The summed E-state index contributed by atoms with van der Waals surface area (Å²) in [5.41, 5.74) is 1.42. The number of imide groups is 1. The molecule has 4 amide bonds. The second kappa shape index (κ2) is 7.52. The van der Waals surface area contributed by atoms with Crippen molar-refractivity contribution in [3.63, 3.8) is 0 Å². The highest BCUT2D eigenvalue weighted by atomic mass is 16.5. The van der Waals surface area contributed by atoms with Gasteiger partial charge in [0.25, 0.3) is 11.8 Å². The zero-order valence-electron chi connectivity index (χ0n) is 14.1. The molecular weight excluding hydrogens is 334 g/mol. The van der Waals surface area contributed by atoms with E-state index < -0.39 is 11.9 Å². The molecule has 7 heteroatoms. The molecule has 1 aliphatic heterocycles. The lowest BCUT2D eigenvalue weighted by Crippen LogP contribution is -2.25. The minimum Gasteiger partial charge on any atom is -0.483 e. The van der Waals surface area contributed by atoms with Gasteiger partial charge in [-0.05, 0) is 24.3 Å². The molecule has 0 bridgehead atoms. The third-order valence-electron chi connectivity index (χ3n) is 3.72. The number of carbonyl (C=O) groups excluding carboxylic acids is 3. The number of anilines is 1. The van der Waals surface area contributed by atoms with Gasteiger partial charge in [0.15, 0.2) is 6.61 Å². The van der Waals surface area contributed by atoms with Crippen molar-refractivity contribution in [2.24, 2.45) is 0 Å². The number of hydrogen-bond acceptors (Lipinski definition) is 4. The van der Waals surface area contributed by atoms with E-state index in [2.05, 4.69) is 10.6 Å². The lowest BCUT2D eigenvalue weighted by molar-refractivity contribution is -0.122. The number of hydrogen-bond donors (Lipinski definition) is 2. The van der Waals surface area contributed by atoms with Gasteiger partial charge < -0.3 is 15.4 Å². The van der Waals surface area contributed by atoms with E-state index in [1.165, 1.54) is 13.1 Å². The van der Waals surface area contributed by atoms with Gasteiger partial charge >= 0.3 is 6.03 Å². The second-order valence-corrected chi connectivity index (χ2v) is 5.59. The first-order chi connectivity index (χ1) is 12.5. The SMILES string of the molecule is CN1C(=O)NC(=Cc2ccccc2OCC(=O)Nc2ccccc2)C1=O. The van der Waals surface area contributed by atoms with E-state index in [4.69, 9.17) is 4.74 Å². The molecule has 0 aliphatic carbocycles. The van der Waals surface area contributed by atoms with Gasteiger partial charge in [0, 0.05) is 18.3 Å². The largest absolute Gasteiger partial charge is 0.483 e. The quantitative estimate of drug-likeness (QED) is 0.639. The van der Waals surface area contributed by atoms with Crippen LogP contribution in [0.3, 0.4) is 0 Å². The predicted octanol–water partition coefficient (Wildman–Crippen LogP) is 2.23. The first kappa shape index (κ1) is 17.2. The van der Waals surface area contributed by atoms with Gasteiger partial charge in [0.1, 0.15) is 11.4 Å². The Hall–Kier alpha value is -3.61. The number of likely N-dealkylation sites (N-methyl/N-ethyl adjacent to an activating group) is 1. The van der Waals surface area contributed by atoms with Crippen LogP contribution in [0.1, 0.15) is 5.56 Å². The molecule has 0 aromatic heterocycles. The molecule has 0 saturated carbocycles. The molecule has 1 heterocycles. The Morgan fingerprint density at radius 2 is 1.81 bits per heavy atom. The van der Waals surface area contributed by atoms with Crippen molar-refractivity contribution in [3.05, 3.63) is 65.9 Å². The summed E-state index contributed by atoms with van der Waals surface area (Å²) in [6.07, 6.45) is 1.52. The molecule has 2 aromatic rings. The summed E-state index contributed by atoms with van der Waals surface area (Å²) in [7, 11) is 1.40. The molecule has 132 valence electrons. The molecule has 0 unspecified atom stereocenters. The number of ether oxygens (including phenoxy) is 1. The molecule has 1 fully saturated rings. The van der Waals surface area contributed by atoms with E-state index in [1.807, 2.05) is 18.2 Å². The Morgan fingerprint density at radius 1 is 1.12 bits per heavy atom. The van der Waals surface area contributed by atoms with Gasteiger partial charge in [0.05, 0.1) is 0 Å². The van der Waals surface area contributed by atoms with Crippen LogP contribution in [0.15, 0.2) is 60.3 Å². The van der Waals surface area contributed by atoms with Crippen molar-refractivity contribution < 1.29 is 19.1 Å². The van der Waals surface area contributed by atoms with Crippen molar-refractivity contribution in [1.82, 2.24) is 10.2 Å². The number of para-hydroxylation sites is 2. The van der Waals surface area contributed by atoms with Crippen LogP contribution >= 0.6 is 0 Å². The minimum absolute atomic E-state index is 0.155. The second-order valence-electron chi connectivity index (χ2n) is 5.59. The Labute approximate surface area is 150 Å². The highest BCUT2D eigenvalue weighted by Crippen LogP contribution is 2.22. The number of carbonyl (C=O) groups is 3. The number of nitrogens with one attached hydrogen (secondary N) is 2. The third kappa shape index (κ3) is 3.89. The normalized spacial score (nSPS) is 15.1. The van der Waals surface area contributed by atoms with Gasteiger partial charge in [-0.1, -0.05) is 36.4 Å². The number of amides is 4. The van der Waals surface area contributed by atoms with Crippen molar-refractivity contribution in [2.75, 3.05) is 19.0 Å². The Bertz CT molecular complexity index is 877. The first-order valence-electron chi connectivity index (χ1n) is 7.92. The molecule has 0 atom stereocenters. The van der Waals surface area contributed by atoms with Crippen LogP contribution in [0.5, 0.6) is 5.75 Å². The molecule has 1 saturated heterocycles. The van der Waals surface area contributed by atoms with Gasteiger partial charge in [-0.2, -0.15) is 0 Å². The van der Waals surface area contributed by atoms with Crippen molar-refractivity contribution >= 4 is 29.6 Å². The Kier molecular flexibility index (Phi) is 4.98. The maximum Gasteiger partial charge on any atom is 0.328 e. The third-order valence-corrected chi connectivity index (χ3v) is 3.72. The standard InChI is InChI=1S/C19H17N3O4/c1-22-18(24)15(21-19(22)25)11-13-7-5-6-10-16(13)26-12-17(23)20-14-8-3-2-4-9-14/h2-11H,12H2,1H3,(H,20,23)(H,21,25). The van der Waals surface area contributed by atoms with E-state index in [9.17, 15) is 14.4 Å². The maximum absolute atomic E-state index is 12.0. The summed E-state index contributed by atoms with van der Waals surface area (Å²) in [5.74, 6) is -0.296. The highest BCUT2D eigenvalue weighted by Gasteiger charge is 2.30. The van der Waals surface area contributed by atoms with Crippen LogP contribution in [0, 0.1) is 0 Å². The van der Waals surface area contributed by atoms with Crippen molar-refractivity contribution in [3.8, 4) is 5.75 Å². The molecule has 0 radical (unpaired) electrons. The zero-order valence-corrected chi connectivity index (χ0v) is 14.1. The van der Waals surface area contributed by atoms with Gasteiger partial charge in [-0.25, -0.2) is 4.79 Å². The van der Waals surface area contributed by atoms with Crippen molar-refractivity contribution in [2.45, 2.75) is 0 Å². The predicted molar refractivity (Wildman–Crippen MR) is 96.3 cm³/mol. The van der Waals surface area contributed by atoms with Crippen LogP contribution in [0.4, 0.5) is 10.5 Å². The number of rotatable bonds is 5. The average Bonchev–Trinajstić information content (AvgIpc) is 2.89. The topological polar surface area (TPSA) is 87.7 Å². The number of urea groups is 1. The summed E-state index contributed by atoms with van der Waals surface area (Å²) in [5, 5.41) is 5.22. The molecule has 0 spiro atoms. The molecule has 2 aromatic carbocycles. The Morgan fingerprint density at radius 3 is 2.50 bits per heavy atom. The fourth-order valence-electron chi connectivity index (χ4n) is 2.37. The molecule has 1 aliphatic rings. The van der Waals surface area contributed by atoms with Gasteiger partial charge in [-0.15, -0.1) is 0 Å². The highest BCUT2D eigenvalue weighted by molar-refractivity contribution is 6.13. The van der Waals surface area contributed by atoms with E-state index in [0.29, 0.717) is 17.0 Å². The van der Waals surface area contributed by atoms with E-state index >= 15 is 0 Å². The summed E-state index contributed by atoms with van der Waals surface area (Å²) < 4.78 is 5.58. The lowest BCUT2D eigenvalue weighted by Gasteiger charge is -2.10. The molecule has 26 heavy (non-hydrogen) atoms. The fraction of sp³-hybridized carbons (Fsp3) is 0.105. The number of nitrogens with zero attached hydrogens (tertiary/aromatic N) is 1. The van der Waals surface area contributed by atoms with Crippen LogP contribution in [0.25, 0.3) is 6.08 Å². The van der Waals surface area contributed by atoms with Crippen LogP contribution < -0.4 is 15.4 Å². The monoisotopic (exact) mass is 351 g/mol. The summed E-state index contributed by atoms with van der Waals surface area (Å²) in [6, 6.07) is 15.5. The maximum atomic E-state index is 12.0. The number of benzene rings is 2. The lowest BCUT2D eigenvalue weighted by atomic mass is 10.1. The molecular formula is C19H17N3O4. The summed E-state index contributed by atoms with van der Waals surface area (Å²) in [6.45, 7) is -0.185. The minimum atomic E-state index is -0.484. The van der Waals surface area contributed by atoms with Crippen molar-refractivity contribution in [1.29, 1.82) is 0 Å².